The van der Waals surface area contributed by atoms with E-state index < -0.39 is 0 Å². The van der Waals surface area contributed by atoms with E-state index in [4.69, 9.17) is 19.2 Å². The minimum atomic E-state index is -0.140. The van der Waals surface area contributed by atoms with Crippen LogP contribution in [0, 0.1) is 0 Å². The fourth-order valence-corrected chi connectivity index (χ4v) is 12.3. The van der Waals surface area contributed by atoms with Crippen LogP contribution in [-0.4, -0.2) is 193 Å². The number of allylic oxidation sites excluding steroid dienone is 8. The Morgan fingerprint density at radius 3 is 1.26 bits per heavy atom. The quantitative estimate of drug-likeness (QED) is 0.0111. The summed E-state index contributed by atoms with van der Waals surface area (Å²) < 4.78 is 15.8. The molecule has 11 nitrogen and oxygen atoms in total. The number of methoxy groups -OCH3 is 1. The molecule has 0 unspecified atom stereocenters. The molecular weight excluding hydrogens is 1190 g/mol. The van der Waals surface area contributed by atoms with Gasteiger partial charge in [-0.1, -0.05) is 38.8 Å². The summed E-state index contributed by atoms with van der Waals surface area (Å²) in [6.07, 6.45) is 41.7. The van der Waals surface area contributed by atoms with E-state index in [1.165, 1.54) is 99.4 Å². The molecule has 0 saturated heterocycles. The topological polar surface area (TPSA) is 107 Å². The summed E-state index contributed by atoms with van der Waals surface area (Å²) in [5.74, 6) is -0.257. The first-order valence-electron chi connectivity index (χ1n) is 28.8. The van der Waals surface area contributed by atoms with Gasteiger partial charge in [-0.15, -0.1) is 0 Å². The molecule has 74 heavy (non-hydrogen) atoms. The number of nitrogens with zero attached hydrogens (tertiary/aromatic N) is 3. The zero-order chi connectivity index (χ0) is 54.9. The summed E-state index contributed by atoms with van der Waals surface area (Å²) in [6, 6.07) is 0. The fourth-order valence-electron chi connectivity index (χ4n) is 6.84. The van der Waals surface area contributed by atoms with Crippen LogP contribution in [0.25, 0.3) is 0 Å². The predicted octanol–water partition coefficient (Wildman–Crippen LogP) is 13.1. The minimum absolute atomic E-state index is 0.117. The summed E-state index contributed by atoms with van der Waals surface area (Å²) in [4.78, 5) is 54.1. The van der Waals surface area contributed by atoms with Crippen molar-refractivity contribution in [1.82, 2.24) is 14.7 Å². The van der Waals surface area contributed by atoms with Crippen LogP contribution in [0.4, 0.5) is 0 Å². The number of carbonyl (C=O) groups excluding carboxylic acids is 3. The molecule has 0 amide bonds. The SMILES string of the molecule is CC/C=C\CCCC.CC/C=C\CCCC[Se]CCOOCCN(CCCN(C)CCCN(CCC=O)CCC(=O)OCC[Se]CCCC/C=C\CC)CCC(=O)OCC[Se]CCCC/C=C\CC.COCC[Se]. The zero-order valence-electron chi connectivity index (χ0n) is 48.4. The predicted molar refractivity (Wildman–Crippen MR) is 321 cm³/mol. The number of carbonyl (C=O) groups is 3. The Morgan fingerprint density at radius 1 is 0.446 bits per heavy atom. The van der Waals surface area contributed by atoms with Gasteiger partial charge in [-0.25, -0.2) is 0 Å². The molecule has 0 rings (SSSR count). The second-order valence-electron chi connectivity index (χ2n) is 17.9. The molecule has 0 saturated carbocycles. The molecule has 0 atom stereocenters. The Kier molecular flexibility index (Phi) is 73.9. The molecule has 0 aliphatic rings. The normalized spacial score (nSPS) is 11.7. The average Bonchev–Trinajstić information content (AvgIpc) is 3.40. The third kappa shape index (κ3) is 69.4. The van der Waals surface area contributed by atoms with Crippen LogP contribution in [0.2, 0.25) is 37.2 Å². The molecule has 15 heteroatoms. The number of esters is 2. The molecule has 0 bridgehead atoms. The van der Waals surface area contributed by atoms with Gasteiger partial charge in [0.2, 0.25) is 0 Å². The van der Waals surface area contributed by atoms with Crippen LogP contribution in [-0.2, 0) is 38.4 Å². The van der Waals surface area contributed by atoms with E-state index in [9.17, 15) is 14.4 Å². The summed E-state index contributed by atoms with van der Waals surface area (Å²) in [5.41, 5.74) is 0. The number of unbranched alkanes of at least 4 members (excludes halogenated alkanes) is 8. The maximum absolute atomic E-state index is 12.6. The Morgan fingerprint density at radius 2 is 0.865 bits per heavy atom. The molecule has 0 aromatic heterocycles. The second-order valence-corrected chi connectivity index (χ2v) is 26.5. The summed E-state index contributed by atoms with van der Waals surface area (Å²) in [7, 11) is 3.84. The number of hydrogen-bond acceptors (Lipinski definition) is 11. The molecule has 0 N–H and O–H groups in total. The molecule has 0 aromatic rings. The molecular formula is C59H112N3O8Se4. The van der Waals surface area contributed by atoms with Crippen LogP contribution in [0.3, 0.4) is 0 Å². The molecule has 435 valence electrons. The van der Waals surface area contributed by atoms with E-state index in [0.717, 1.165) is 92.5 Å². The first-order chi connectivity index (χ1) is 36.3. The maximum atomic E-state index is 12.6. The third-order valence-electron chi connectivity index (χ3n) is 11.1. The van der Waals surface area contributed by atoms with Gasteiger partial charge in [0, 0.05) is 0 Å². The zero-order valence-corrected chi connectivity index (χ0v) is 55.3. The second kappa shape index (κ2) is 70.4. The van der Waals surface area contributed by atoms with Gasteiger partial charge in [0.05, 0.1) is 0 Å². The van der Waals surface area contributed by atoms with Gasteiger partial charge < -0.3 is 0 Å². The monoisotopic (exact) mass is 1310 g/mol. The van der Waals surface area contributed by atoms with Gasteiger partial charge in [0.1, 0.15) is 0 Å². The Labute approximate surface area is 483 Å². The molecule has 0 aliphatic heterocycles. The fraction of sp³-hybridized carbons (Fsp3) is 0.814. The first kappa shape index (κ1) is 77.6. The van der Waals surface area contributed by atoms with E-state index in [2.05, 4.69) is 126 Å². The van der Waals surface area contributed by atoms with E-state index in [0.29, 0.717) is 117 Å². The van der Waals surface area contributed by atoms with Gasteiger partial charge in [-0.3, -0.25) is 0 Å². The summed E-state index contributed by atoms with van der Waals surface area (Å²) in [5, 5.41) is 7.82. The van der Waals surface area contributed by atoms with Crippen molar-refractivity contribution in [1.29, 1.82) is 0 Å². The van der Waals surface area contributed by atoms with Crippen LogP contribution < -0.4 is 0 Å². The summed E-state index contributed by atoms with van der Waals surface area (Å²) >= 11 is 4.47. The van der Waals surface area contributed by atoms with Crippen molar-refractivity contribution in [2.45, 2.75) is 207 Å². The van der Waals surface area contributed by atoms with Crippen molar-refractivity contribution in [2.75, 3.05) is 99.5 Å². The van der Waals surface area contributed by atoms with Crippen molar-refractivity contribution in [3.05, 3.63) is 48.6 Å². The van der Waals surface area contributed by atoms with Crippen molar-refractivity contribution >= 4 is 79.1 Å². The van der Waals surface area contributed by atoms with Crippen molar-refractivity contribution in [3.63, 3.8) is 0 Å². The van der Waals surface area contributed by atoms with Crippen LogP contribution in [0.15, 0.2) is 48.6 Å². The molecule has 0 spiro atoms. The molecule has 0 fully saturated rings. The van der Waals surface area contributed by atoms with Crippen molar-refractivity contribution in [3.8, 4) is 0 Å². The molecule has 0 heterocycles. The van der Waals surface area contributed by atoms with Crippen LogP contribution in [0.1, 0.15) is 169 Å². The van der Waals surface area contributed by atoms with E-state index in [1.807, 2.05) is 0 Å². The molecule has 0 aliphatic carbocycles. The van der Waals surface area contributed by atoms with Crippen molar-refractivity contribution < 1.29 is 38.4 Å². The third-order valence-corrected chi connectivity index (χ3v) is 17.9. The molecule has 0 aromatic carbocycles. The van der Waals surface area contributed by atoms with Gasteiger partial charge in [-0.2, -0.15) is 0 Å². The van der Waals surface area contributed by atoms with E-state index in [1.54, 1.807) is 7.11 Å². The van der Waals surface area contributed by atoms with Crippen molar-refractivity contribution in [2.24, 2.45) is 0 Å². The van der Waals surface area contributed by atoms with E-state index in [-0.39, 0.29) is 11.9 Å². The van der Waals surface area contributed by atoms with E-state index >= 15 is 0 Å². The Hall–Kier alpha value is -0.592. The Bertz CT molecular complexity index is 1260. The Balaban J connectivity index is -0.00000339. The van der Waals surface area contributed by atoms with Crippen LogP contribution in [0.5, 0.6) is 0 Å². The average molecular weight is 1310 g/mol. The number of hydrogen-bond donors (Lipinski definition) is 0. The summed E-state index contributed by atoms with van der Waals surface area (Å²) in [6.45, 7) is 20.1. The number of ether oxygens (including phenoxy) is 3. The molecule has 1 radical (unpaired) electrons. The van der Waals surface area contributed by atoms with Gasteiger partial charge in [-0.05, 0) is 12.8 Å². The number of aldehydes is 1. The van der Waals surface area contributed by atoms with Gasteiger partial charge in [0.15, 0.2) is 0 Å². The number of rotatable bonds is 54. The standard InChI is InChI=1S/C48H89N3O7Se3.C8H16.C3H7OSe/c1-5-8-11-14-17-20-41-59-44-38-55-47(53)26-33-50(32-25-36-52)30-23-28-49(4)29-24-31-51(35-37-57-58-40-46-61-43-22-19-16-13-10-7-3)34-27-48(54)56-39-45-60-42-21-18-15-12-9-6-2;1-3-5-7-8-6-4-2;1-4-2-3-5/h8-13,36H,5-7,14-35,37-46H2,1-4H3;5,7H,3-4,6,8H2,1-2H3;2-3H2,1H3/b11-8-,12-9-,13-10-;7-5-;. The first-order valence-corrected chi connectivity index (χ1v) is 37.3. The van der Waals surface area contributed by atoms with Gasteiger partial charge >= 0.3 is 435 Å². The van der Waals surface area contributed by atoms with Crippen LogP contribution >= 0.6 is 0 Å². The van der Waals surface area contributed by atoms with Gasteiger partial charge in [0.25, 0.3) is 0 Å².